The minimum Gasteiger partial charge on any atom is -0.469 e. The fraction of sp³-hybridized carbons (Fsp3) is 0.652. The number of hydrogen-bond donors (Lipinski definition) is 0. The van der Waals surface area contributed by atoms with Gasteiger partial charge in [0.25, 0.3) is 0 Å². The molecule has 2 aliphatic carbocycles. The third kappa shape index (κ3) is 3.76. The number of hydrogen-bond acceptors (Lipinski definition) is 4. The van der Waals surface area contributed by atoms with Gasteiger partial charge in [0.2, 0.25) is 0 Å². The van der Waals surface area contributed by atoms with E-state index in [0.29, 0.717) is 12.8 Å². The van der Waals surface area contributed by atoms with Crippen LogP contribution in [0.2, 0.25) is 0 Å². The van der Waals surface area contributed by atoms with Gasteiger partial charge in [-0.25, -0.2) is 0 Å². The molecule has 2 aliphatic rings. The topological polar surface area (TPSA) is 52.6 Å². The van der Waals surface area contributed by atoms with E-state index < -0.39 is 5.41 Å². The Balaban J connectivity index is 2.53. The van der Waals surface area contributed by atoms with Gasteiger partial charge in [0.05, 0.1) is 12.5 Å². The van der Waals surface area contributed by atoms with Gasteiger partial charge in [0, 0.05) is 12.3 Å². The smallest absolute Gasteiger partial charge is 0.311 e. The Morgan fingerprint density at radius 1 is 1.26 bits per heavy atom. The van der Waals surface area contributed by atoms with Crippen molar-refractivity contribution in [3.05, 3.63) is 36.5 Å². The maximum atomic E-state index is 12.7. The summed E-state index contributed by atoms with van der Waals surface area (Å²) >= 11 is 0. The zero-order valence-corrected chi connectivity index (χ0v) is 17.5. The molecule has 0 unspecified atom stereocenters. The average molecular weight is 375 g/mol. The molecule has 0 spiro atoms. The lowest BCUT2D eigenvalue weighted by molar-refractivity contribution is -0.194. The van der Waals surface area contributed by atoms with Crippen LogP contribution < -0.4 is 0 Å². The highest BCUT2D eigenvalue weighted by Gasteiger charge is 2.62. The van der Waals surface area contributed by atoms with Crippen molar-refractivity contribution in [3.8, 4) is 0 Å². The summed E-state index contributed by atoms with van der Waals surface area (Å²) in [5.41, 5.74) is 1.36. The minimum absolute atomic E-state index is 0.0727. The molecule has 0 bridgehead atoms. The minimum atomic E-state index is -0.573. The third-order valence-corrected chi connectivity index (χ3v) is 7.09. The number of esters is 2. The van der Waals surface area contributed by atoms with Crippen LogP contribution in [0.15, 0.2) is 36.5 Å². The summed E-state index contributed by atoms with van der Waals surface area (Å²) in [5.74, 6) is -0.221. The average Bonchev–Trinajstić information content (AvgIpc) is 2.62. The van der Waals surface area contributed by atoms with Gasteiger partial charge in [-0.1, -0.05) is 43.4 Å². The molecule has 0 aromatic rings. The molecule has 5 atom stereocenters. The Hall–Kier alpha value is -1.84. The molecule has 0 saturated heterocycles. The lowest BCUT2D eigenvalue weighted by Crippen LogP contribution is -2.60. The Labute approximate surface area is 163 Å². The number of rotatable bonds is 5. The van der Waals surface area contributed by atoms with Gasteiger partial charge in [-0.2, -0.15) is 0 Å². The van der Waals surface area contributed by atoms with Crippen molar-refractivity contribution in [1.29, 1.82) is 0 Å². The van der Waals surface area contributed by atoms with Gasteiger partial charge in [0.1, 0.15) is 6.10 Å². The van der Waals surface area contributed by atoms with Gasteiger partial charge in [-0.15, -0.1) is 0 Å². The van der Waals surface area contributed by atoms with Crippen molar-refractivity contribution in [1.82, 2.24) is 0 Å². The lowest BCUT2D eigenvalue weighted by Gasteiger charge is -2.59. The number of ether oxygens (including phenoxy) is 2. The lowest BCUT2D eigenvalue weighted by atomic mass is 9.45. The van der Waals surface area contributed by atoms with E-state index in [1.165, 1.54) is 19.6 Å². The third-order valence-electron chi connectivity index (χ3n) is 7.09. The molecule has 0 aromatic carbocycles. The summed E-state index contributed by atoms with van der Waals surface area (Å²) in [5, 5.41) is 0. The molecule has 0 aromatic heterocycles. The highest BCUT2D eigenvalue weighted by atomic mass is 16.5. The predicted octanol–water partition coefficient (Wildman–Crippen LogP) is 5.00. The Morgan fingerprint density at radius 3 is 2.48 bits per heavy atom. The summed E-state index contributed by atoms with van der Waals surface area (Å²) in [6.07, 6.45) is 7.66. The van der Waals surface area contributed by atoms with E-state index in [1.54, 1.807) is 0 Å². The van der Waals surface area contributed by atoms with Gasteiger partial charge in [-0.05, 0) is 57.8 Å². The van der Waals surface area contributed by atoms with Crippen LogP contribution in [0.5, 0.6) is 0 Å². The first-order valence-corrected chi connectivity index (χ1v) is 9.83. The predicted molar refractivity (Wildman–Crippen MR) is 107 cm³/mol. The van der Waals surface area contributed by atoms with Crippen LogP contribution in [-0.2, 0) is 19.1 Å². The van der Waals surface area contributed by atoms with Crippen LogP contribution in [-0.4, -0.2) is 25.2 Å². The molecule has 2 fully saturated rings. The van der Waals surface area contributed by atoms with Crippen LogP contribution in [0, 0.1) is 22.7 Å². The van der Waals surface area contributed by atoms with Gasteiger partial charge in [-0.3, -0.25) is 9.59 Å². The van der Waals surface area contributed by atoms with Crippen LogP contribution >= 0.6 is 0 Å². The first-order valence-electron chi connectivity index (χ1n) is 9.83. The Morgan fingerprint density at radius 2 is 1.93 bits per heavy atom. The van der Waals surface area contributed by atoms with Crippen molar-refractivity contribution in [2.75, 3.05) is 7.11 Å². The van der Waals surface area contributed by atoms with Crippen molar-refractivity contribution < 1.29 is 19.1 Å². The van der Waals surface area contributed by atoms with Gasteiger partial charge < -0.3 is 9.47 Å². The van der Waals surface area contributed by atoms with Crippen LogP contribution in [0.4, 0.5) is 0 Å². The highest BCUT2D eigenvalue weighted by Crippen LogP contribution is 2.62. The molecular formula is C23H34O4. The normalized spacial score (nSPS) is 36.6. The van der Waals surface area contributed by atoms with Crippen molar-refractivity contribution in [3.63, 3.8) is 0 Å². The summed E-state index contributed by atoms with van der Waals surface area (Å²) in [7, 11) is 1.46. The van der Waals surface area contributed by atoms with Gasteiger partial charge in [0.15, 0.2) is 0 Å². The van der Waals surface area contributed by atoms with Crippen molar-refractivity contribution in [2.45, 2.75) is 65.9 Å². The molecule has 0 radical (unpaired) electrons. The number of allylic oxidation sites excluding steroid dienone is 4. The Kier molecular flexibility index (Phi) is 6.39. The zero-order valence-electron chi connectivity index (χ0n) is 17.5. The summed E-state index contributed by atoms with van der Waals surface area (Å²) in [6, 6.07) is 0. The van der Waals surface area contributed by atoms with E-state index in [9.17, 15) is 9.59 Å². The van der Waals surface area contributed by atoms with Crippen LogP contribution in [0.25, 0.3) is 0 Å². The molecule has 0 amide bonds. The van der Waals surface area contributed by atoms with E-state index in [-0.39, 0.29) is 35.3 Å². The first kappa shape index (κ1) is 21.5. The fourth-order valence-electron chi connectivity index (χ4n) is 5.54. The SMILES string of the molecule is C=C/C(C)=C/C[C@@H]1C(=C)CC[C@H]2[C@@]1(C)[C@@H](OC(C)=O)CC[C@@]2(C)C(=O)OC. The molecule has 2 rings (SSSR count). The second-order valence-corrected chi connectivity index (χ2v) is 8.60. The summed E-state index contributed by atoms with van der Waals surface area (Å²) in [4.78, 5) is 24.6. The van der Waals surface area contributed by atoms with E-state index in [2.05, 4.69) is 26.2 Å². The Bertz CT molecular complexity index is 661. The maximum Gasteiger partial charge on any atom is 0.311 e. The second kappa shape index (κ2) is 8.04. The molecular weight excluding hydrogens is 340 g/mol. The second-order valence-electron chi connectivity index (χ2n) is 8.60. The molecule has 150 valence electrons. The van der Waals surface area contributed by atoms with Crippen molar-refractivity contribution in [2.24, 2.45) is 22.7 Å². The number of carbonyl (C=O) groups excluding carboxylic acids is 2. The van der Waals surface area contributed by atoms with E-state index in [1.807, 2.05) is 19.9 Å². The van der Waals surface area contributed by atoms with Crippen molar-refractivity contribution >= 4 is 11.9 Å². The van der Waals surface area contributed by atoms with Gasteiger partial charge >= 0.3 is 11.9 Å². The first-order chi connectivity index (χ1) is 12.6. The number of carbonyl (C=O) groups is 2. The largest absolute Gasteiger partial charge is 0.469 e. The fourth-order valence-corrected chi connectivity index (χ4v) is 5.54. The van der Waals surface area contributed by atoms with E-state index >= 15 is 0 Å². The summed E-state index contributed by atoms with van der Waals surface area (Å²) in [6.45, 7) is 15.9. The van der Waals surface area contributed by atoms with E-state index in [4.69, 9.17) is 9.47 Å². The standard InChI is InChI=1S/C23H34O4/c1-8-15(2)9-11-18-16(3)10-12-19-22(5,21(25)26-7)14-13-20(23(18,19)6)27-17(4)24/h8-9,18-20H,1,3,10-14H2,2,4-7H3/b15-9+/t18-,19-,20+,22-,23+/m1/s1. The zero-order chi connectivity index (χ0) is 20.4. The quantitative estimate of drug-likeness (QED) is 0.386. The monoisotopic (exact) mass is 374 g/mol. The maximum absolute atomic E-state index is 12.7. The molecule has 0 N–H and O–H groups in total. The molecule has 4 heteroatoms. The number of fused-ring (bicyclic) bond motifs is 1. The number of methoxy groups -OCH3 is 1. The summed E-state index contributed by atoms with van der Waals surface area (Å²) < 4.78 is 11.0. The molecule has 0 heterocycles. The molecule has 0 aliphatic heterocycles. The molecule has 4 nitrogen and oxygen atoms in total. The highest BCUT2D eigenvalue weighted by molar-refractivity contribution is 5.77. The van der Waals surface area contributed by atoms with E-state index in [0.717, 1.165) is 24.8 Å². The molecule has 27 heavy (non-hydrogen) atoms. The van der Waals surface area contributed by atoms with Crippen LogP contribution in [0.3, 0.4) is 0 Å². The molecule has 2 saturated carbocycles. The van der Waals surface area contributed by atoms with Crippen LogP contribution in [0.1, 0.15) is 59.8 Å².